The summed E-state index contributed by atoms with van der Waals surface area (Å²) in [7, 11) is 0. The third-order valence-electron chi connectivity index (χ3n) is 4.04. The predicted molar refractivity (Wildman–Crippen MR) is 97.2 cm³/mol. The number of hydrogen-bond acceptors (Lipinski definition) is 4. The van der Waals surface area contributed by atoms with E-state index in [1.165, 1.54) is 24.3 Å². The van der Waals surface area contributed by atoms with E-state index in [9.17, 15) is 22.8 Å². The molecule has 0 radical (unpaired) electrons. The lowest BCUT2D eigenvalue weighted by molar-refractivity contribution is -0.153. The maximum absolute atomic E-state index is 12.4. The number of carbonyl (C=O) groups is 2. The van der Waals surface area contributed by atoms with E-state index < -0.39 is 18.4 Å². The summed E-state index contributed by atoms with van der Waals surface area (Å²) in [5.74, 6) is -0.367. The first-order valence-corrected chi connectivity index (χ1v) is 9.01. The Hall–Kier alpha value is -2.45. The van der Waals surface area contributed by atoms with Gasteiger partial charge in [-0.15, -0.1) is 0 Å². The summed E-state index contributed by atoms with van der Waals surface area (Å²) in [6, 6.07) is 5.71. The molecule has 1 aliphatic rings. The number of likely N-dealkylation sites (tertiary alicyclic amines) is 1. The highest BCUT2D eigenvalue weighted by molar-refractivity contribution is 5.92. The number of halogens is 3. The van der Waals surface area contributed by atoms with Crippen LogP contribution in [0.2, 0.25) is 0 Å². The van der Waals surface area contributed by atoms with Gasteiger partial charge in [0.2, 0.25) is 5.91 Å². The molecule has 2 amide bonds. The van der Waals surface area contributed by atoms with Gasteiger partial charge in [0.15, 0.2) is 6.61 Å². The molecule has 1 saturated heterocycles. The summed E-state index contributed by atoms with van der Waals surface area (Å²) in [4.78, 5) is 26.0. The second-order valence-electron chi connectivity index (χ2n) is 7.66. The molecule has 0 unspecified atom stereocenters. The number of benzene rings is 1. The molecule has 1 fully saturated rings. The molecule has 9 heteroatoms. The van der Waals surface area contributed by atoms with Gasteiger partial charge in [0.25, 0.3) is 0 Å². The van der Waals surface area contributed by atoms with Crippen molar-refractivity contribution in [3.63, 3.8) is 0 Å². The van der Waals surface area contributed by atoms with E-state index in [1.54, 1.807) is 25.7 Å². The number of anilines is 1. The van der Waals surface area contributed by atoms with E-state index in [2.05, 4.69) is 10.1 Å². The lowest BCUT2D eigenvalue weighted by Gasteiger charge is -2.32. The maximum Gasteiger partial charge on any atom is 0.422 e. The third-order valence-corrected chi connectivity index (χ3v) is 4.04. The van der Waals surface area contributed by atoms with Crippen molar-refractivity contribution < 1.29 is 32.2 Å². The first kappa shape index (κ1) is 21.8. The molecule has 0 aromatic heterocycles. The molecule has 0 bridgehead atoms. The molecule has 1 heterocycles. The van der Waals surface area contributed by atoms with Crippen molar-refractivity contribution in [2.24, 2.45) is 5.92 Å². The Labute approximate surface area is 162 Å². The molecule has 0 spiro atoms. The van der Waals surface area contributed by atoms with Crippen LogP contribution in [0, 0.1) is 5.92 Å². The van der Waals surface area contributed by atoms with Gasteiger partial charge in [0.05, 0.1) is 0 Å². The van der Waals surface area contributed by atoms with Crippen molar-refractivity contribution in [3.05, 3.63) is 24.3 Å². The van der Waals surface area contributed by atoms with E-state index >= 15 is 0 Å². The Morgan fingerprint density at radius 3 is 2.18 bits per heavy atom. The summed E-state index contributed by atoms with van der Waals surface area (Å²) in [6.45, 7) is 4.88. The summed E-state index contributed by atoms with van der Waals surface area (Å²) < 4.78 is 46.4. The Morgan fingerprint density at radius 2 is 1.68 bits per heavy atom. The molecule has 0 saturated carbocycles. The first-order chi connectivity index (χ1) is 12.9. The van der Waals surface area contributed by atoms with Gasteiger partial charge in [-0.1, -0.05) is 0 Å². The second kappa shape index (κ2) is 8.70. The highest BCUT2D eigenvalue weighted by atomic mass is 19.4. The summed E-state index contributed by atoms with van der Waals surface area (Å²) in [6.07, 6.45) is -3.77. The Bertz CT molecular complexity index is 676. The van der Waals surface area contributed by atoms with Crippen LogP contribution in [0.1, 0.15) is 33.6 Å². The number of ether oxygens (including phenoxy) is 2. The van der Waals surface area contributed by atoms with E-state index in [-0.39, 0.29) is 23.7 Å². The molecule has 156 valence electrons. The highest BCUT2D eigenvalue weighted by Crippen LogP contribution is 2.23. The van der Waals surface area contributed by atoms with Crippen LogP contribution in [0.5, 0.6) is 5.75 Å². The number of rotatable bonds is 4. The Kier molecular flexibility index (Phi) is 6.79. The number of nitrogens with one attached hydrogen (secondary N) is 1. The normalized spacial score (nSPS) is 15.9. The number of amides is 2. The van der Waals surface area contributed by atoms with Crippen molar-refractivity contribution in [2.45, 2.75) is 45.4 Å². The molecule has 0 atom stereocenters. The molecular formula is C19H25F3N2O4. The van der Waals surface area contributed by atoms with Crippen LogP contribution < -0.4 is 10.1 Å². The van der Waals surface area contributed by atoms with Crippen LogP contribution >= 0.6 is 0 Å². The first-order valence-electron chi connectivity index (χ1n) is 9.01. The molecule has 1 N–H and O–H groups in total. The predicted octanol–water partition coefficient (Wildman–Crippen LogP) is 4.21. The molecule has 0 aliphatic carbocycles. The molecule has 6 nitrogen and oxygen atoms in total. The van der Waals surface area contributed by atoms with Gasteiger partial charge in [-0.3, -0.25) is 4.79 Å². The summed E-state index contributed by atoms with van der Waals surface area (Å²) in [5, 5.41) is 2.74. The van der Waals surface area contributed by atoms with Gasteiger partial charge in [-0.2, -0.15) is 13.2 Å². The zero-order valence-corrected chi connectivity index (χ0v) is 16.1. The summed E-state index contributed by atoms with van der Waals surface area (Å²) in [5.41, 5.74) is -0.0969. The van der Waals surface area contributed by atoms with Crippen LogP contribution in [0.25, 0.3) is 0 Å². The van der Waals surface area contributed by atoms with Gasteiger partial charge in [-0.05, 0) is 57.9 Å². The molecule has 1 aliphatic heterocycles. The van der Waals surface area contributed by atoms with Crippen LogP contribution in [-0.4, -0.2) is 48.4 Å². The zero-order valence-electron chi connectivity index (χ0n) is 16.1. The van der Waals surface area contributed by atoms with Crippen molar-refractivity contribution in [1.82, 2.24) is 4.90 Å². The van der Waals surface area contributed by atoms with E-state index in [0.29, 0.717) is 31.6 Å². The molecule has 2 rings (SSSR count). The zero-order chi connectivity index (χ0) is 20.9. The Morgan fingerprint density at radius 1 is 1.11 bits per heavy atom. The van der Waals surface area contributed by atoms with Crippen molar-refractivity contribution in [2.75, 3.05) is 25.0 Å². The number of piperidine rings is 1. The van der Waals surface area contributed by atoms with Crippen LogP contribution in [-0.2, 0) is 9.53 Å². The quantitative estimate of drug-likeness (QED) is 0.819. The van der Waals surface area contributed by atoms with Crippen LogP contribution in [0.4, 0.5) is 23.7 Å². The van der Waals surface area contributed by atoms with Crippen molar-refractivity contribution in [1.29, 1.82) is 0 Å². The maximum atomic E-state index is 12.4. The Balaban J connectivity index is 1.80. The monoisotopic (exact) mass is 402 g/mol. The lowest BCUT2D eigenvalue weighted by Crippen LogP contribution is -2.43. The third kappa shape index (κ3) is 7.28. The molecule has 1 aromatic carbocycles. The fourth-order valence-electron chi connectivity index (χ4n) is 2.69. The van der Waals surface area contributed by atoms with E-state index in [0.717, 1.165) is 0 Å². The smallest absolute Gasteiger partial charge is 0.422 e. The van der Waals surface area contributed by atoms with Gasteiger partial charge in [-0.25, -0.2) is 4.79 Å². The van der Waals surface area contributed by atoms with Gasteiger partial charge >= 0.3 is 12.3 Å². The van der Waals surface area contributed by atoms with Gasteiger partial charge in [0.1, 0.15) is 11.4 Å². The fraction of sp³-hybridized carbons (Fsp3) is 0.579. The average molecular weight is 402 g/mol. The number of nitrogens with zero attached hydrogens (tertiary/aromatic N) is 1. The van der Waals surface area contributed by atoms with Crippen molar-refractivity contribution in [3.8, 4) is 5.75 Å². The summed E-state index contributed by atoms with van der Waals surface area (Å²) >= 11 is 0. The van der Waals surface area contributed by atoms with Gasteiger partial charge < -0.3 is 19.7 Å². The van der Waals surface area contributed by atoms with Crippen molar-refractivity contribution >= 4 is 17.7 Å². The number of carbonyl (C=O) groups excluding carboxylic acids is 2. The molecule has 28 heavy (non-hydrogen) atoms. The van der Waals surface area contributed by atoms with Gasteiger partial charge in [0, 0.05) is 24.7 Å². The topological polar surface area (TPSA) is 67.9 Å². The van der Waals surface area contributed by atoms with Crippen LogP contribution in [0.3, 0.4) is 0 Å². The fourth-order valence-corrected chi connectivity index (χ4v) is 2.69. The SMILES string of the molecule is CC(C)(C)OC(=O)N1CCC(C(=O)Nc2ccc(OCC(F)(F)F)cc2)CC1. The van der Waals surface area contributed by atoms with E-state index in [4.69, 9.17) is 4.74 Å². The molecular weight excluding hydrogens is 377 g/mol. The largest absolute Gasteiger partial charge is 0.484 e. The second-order valence-corrected chi connectivity index (χ2v) is 7.66. The average Bonchev–Trinajstić information content (AvgIpc) is 2.59. The molecule has 1 aromatic rings. The number of alkyl halides is 3. The standard InChI is InChI=1S/C19H25F3N2O4/c1-18(2,3)28-17(26)24-10-8-13(9-11-24)16(25)23-14-4-6-15(7-5-14)27-12-19(20,21)22/h4-7,13H,8-12H2,1-3H3,(H,23,25). The van der Waals surface area contributed by atoms with Crippen LogP contribution in [0.15, 0.2) is 24.3 Å². The number of hydrogen-bond donors (Lipinski definition) is 1. The highest BCUT2D eigenvalue weighted by Gasteiger charge is 2.30. The minimum atomic E-state index is -4.40. The minimum absolute atomic E-state index is 0.0704. The van der Waals surface area contributed by atoms with E-state index in [1.807, 2.05) is 0 Å². The minimum Gasteiger partial charge on any atom is -0.484 e. The lowest BCUT2D eigenvalue weighted by atomic mass is 9.96.